The van der Waals surface area contributed by atoms with Gasteiger partial charge in [-0.2, -0.15) is 5.26 Å². The van der Waals surface area contributed by atoms with Crippen molar-refractivity contribution in [2.24, 2.45) is 5.92 Å². The lowest BCUT2D eigenvalue weighted by molar-refractivity contribution is 0.0849. The van der Waals surface area contributed by atoms with Gasteiger partial charge in [0.05, 0.1) is 16.5 Å². The lowest BCUT2D eigenvalue weighted by atomic mass is 9.90. The van der Waals surface area contributed by atoms with Gasteiger partial charge in [0.1, 0.15) is 0 Å². The van der Waals surface area contributed by atoms with E-state index >= 15 is 0 Å². The summed E-state index contributed by atoms with van der Waals surface area (Å²) in [6.07, 6.45) is 3.18. The molecule has 1 heterocycles. The number of aryl methyl sites for hydroxylation is 1. The molecule has 0 saturated carbocycles. The minimum absolute atomic E-state index is 0.313. The first-order valence-electron chi connectivity index (χ1n) is 7.79. The number of rotatable bonds is 2. The fraction of sp³-hybridized carbons (Fsp3) is 0.278. The summed E-state index contributed by atoms with van der Waals surface area (Å²) in [6, 6.07) is 10.2. The Morgan fingerprint density at radius 1 is 1.25 bits per heavy atom. The van der Waals surface area contributed by atoms with Crippen molar-refractivity contribution in [2.45, 2.75) is 26.2 Å². The monoisotopic (exact) mass is 339 g/mol. The van der Waals surface area contributed by atoms with Crippen molar-refractivity contribution >= 4 is 23.2 Å². The number of carbonyl (C=O) groups is 2. The highest BCUT2D eigenvalue weighted by atomic mass is 32.1. The third-order valence-corrected chi connectivity index (χ3v) is 5.33. The fourth-order valence-corrected chi connectivity index (χ4v) is 3.90. The maximum atomic E-state index is 12.2. The van der Waals surface area contributed by atoms with Crippen LogP contribution in [-0.4, -0.2) is 11.8 Å². The van der Waals surface area contributed by atoms with E-state index in [0.717, 1.165) is 19.3 Å². The molecule has 1 aliphatic rings. The SMILES string of the molecule is C[C@H]1CCc2sc(C(=O)NNC(=O)c3cccc(C#N)c3)cc2C1. The Morgan fingerprint density at radius 2 is 2.04 bits per heavy atom. The predicted molar refractivity (Wildman–Crippen MR) is 91.6 cm³/mol. The number of thiophene rings is 1. The fourth-order valence-electron chi connectivity index (χ4n) is 2.79. The van der Waals surface area contributed by atoms with Crippen molar-refractivity contribution in [2.75, 3.05) is 0 Å². The van der Waals surface area contributed by atoms with Gasteiger partial charge in [0.2, 0.25) is 0 Å². The first-order valence-corrected chi connectivity index (χ1v) is 8.61. The molecule has 2 aromatic rings. The number of nitrogens with one attached hydrogen (secondary N) is 2. The molecule has 0 aliphatic heterocycles. The molecule has 5 nitrogen and oxygen atoms in total. The molecule has 0 radical (unpaired) electrons. The Morgan fingerprint density at radius 3 is 2.83 bits per heavy atom. The van der Waals surface area contributed by atoms with Gasteiger partial charge in [-0.1, -0.05) is 13.0 Å². The molecule has 1 aliphatic carbocycles. The van der Waals surface area contributed by atoms with Crippen LogP contribution in [0.1, 0.15) is 49.4 Å². The highest BCUT2D eigenvalue weighted by molar-refractivity contribution is 7.14. The Kier molecular flexibility index (Phi) is 4.63. The van der Waals surface area contributed by atoms with E-state index in [1.807, 2.05) is 12.1 Å². The molecule has 1 atom stereocenters. The zero-order chi connectivity index (χ0) is 17.1. The zero-order valence-electron chi connectivity index (χ0n) is 13.3. The largest absolute Gasteiger partial charge is 0.279 e. The summed E-state index contributed by atoms with van der Waals surface area (Å²) >= 11 is 1.49. The van der Waals surface area contributed by atoms with Crippen LogP contribution < -0.4 is 10.9 Å². The average molecular weight is 339 g/mol. The Balaban J connectivity index is 1.63. The van der Waals surface area contributed by atoms with Crippen molar-refractivity contribution in [1.82, 2.24) is 10.9 Å². The molecule has 0 spiro atoms. The summed E-state index contributed by atoms with van der Waals surface area (Å²) in [5.41, 5.74) is 6.81. The number of benzene rings is 1. The molecule has 1 aromatic heterocycles. The molecule has 0 fully saturated rings. The summed E-state index contributed by atoms with van der Waals surface area (Å²) < 4.78 is 0. The van der Waals surface area contributed by atoms with E-state index in [1.165, 1.54) is 27.8 Å². The summed E-state index contributed by atoms with van der Waals surface area (Å²) in [4.78, 5) is 26.2. The van der Waals surface area contributed by atoms with Crippen LogP contribution in [0.25, 0.3) is 0 Å². The Labute approximate surface area is 144 Å². The van der Waals surface area contributed by atoms with Gasteiger partial charge in [-0.25, -0.2) is 0 Å². The van der Waals surface area contributed by atoms with Gasteiger partial charge in [0.25, 0.3) is 11.8 Å². The van der Waals surface area contributed by atoms with Gasteiger partial charge in [0.15, 0.2) is 0 Å². The zero-order valence-corrected chi connectivity index (χ0v) is 14.1. The van der Waals surface area contributed by atoms with E-state index in [9.17, 15) is 9.59 Å². The van der Waals surface area contributed by atoms with Gasteiger partial charge in [-0.3, -0.25) is 20.4 Å². The molecule has 6 heteroatoms. The highest BCUT2D eigenvalue weighted by Crippen LogP contribution is 2.32. The van der Waals surface area contributed by atoms with E-state index < -0.39 is 5.91 Å². The van der Waals surface area contributed by atoms with Crippen LogP contribution in [0.5, 0.6) is 0 Å². The van der Waals surface area contributed by atoms with E-state index in [0.29, 0.717) is 21.9 Å². The summed E-state index contributed by atoms with van der Waals surface area (Å²) in [5, 5.41) is 8.86. The van der Waals surface area contributed by atoms with Gasteiger partial charge in [-0.15, -0.1) is 11.3 Å². The molecular formula is C18H17N3O2S. The number of hydrazine groups is 1. The number of fused-ring (bicyclic) bond motifs is 1. The highest BCUT2D eigenvalue weighted by Gasteiger charge is 2.21. The second-order valence-corrected chi connectivity index (χ2v) is 7.14. The second kappa shape index (κ2) is 6.85. The third-order valence-electron chi connectivity index (χ3n) is 4.10. The molecule has 24 heavy (non-hydrogen) atoms. The normalized spacial score (nSPS) is 15.9. The topological polar surface area (TPSA) is 82.0 Å². The van der Waals surface area contributed by atoms with Crippen LogP contribution in [0.15, 0.2) is 30.3 Å². The number of hydrogen-bond acceptors (Lipinski definition) is 4. The first-order chi connectivity index (χ1) is 11.6. The van der Waals surface area contributed by atoms with Crippen LogP contribution >= 0.6 is 11.3 Å². The Bertz CT molecular complexity index is 835. The summed E-state index contributed by atoms with van der Waals surface area (Å²) in [6.45, 7) is 2.22. The van der Waals surface area contributed by atoms with Gasteiger partial charge in [0, 0.05) is 10.4 Å². The molecule has 3 rings (SSSR count). The molecular weight excluding hydrogens is 322 g/mol. The molecule has 122 valence electrons. The number of amides is 2. The molecule has 0 unspecified atom stereocenters. The lowest BCUT2D eigenvalue weighted by Gasteiger charge is -2.16. The van der Waals surface area contributed by atoms with Crippen molar-refractivity contribution in [3.8, 4) is 6.07 Å². The maximum absolute atomic E-state index is 12.2. The minimum Gasteiger partial charge on any atom is -0.267 e. The smallest absolute Gasteiger partial charge is 0.267 e. The van der Waals surface area contributed by atoms with Crippen LogP contribution in [0, 0.1) is 17.2 Å². The third kappa shape index (κ3) is 3.47. The van der Waals surface area contributed by atoms with Crippen LogP contribution in [0.4, 0.5) is 0 Å². The second-order valence-electron chi connectivity index (χ2n) is 6.01. The maximum Gasteiger partial charge on any atom is 0.279 e. The number of nitriles is 1. The summed E-state index contributed by atoms with van der Waals surface area (Å²) in [7, 11) is 0. The quantitative estimate of drug-likeness (QED) is 0.826. The average Bonchev–Trinajstić information content (AvgIpc) is 3.02. The van der Waals surface area contributed by atoms with Crippen molar-refractivity contribution < 1.29 is 9.59 Å². The lowest BCUT2D eigenvalue weighted by Crippen LogP contribution is -2.41. The molecule has 0 bridgehead atoms. The molecule has 0 saturated heterocycles. The predicted octanol–water partition coefficient (Wildman–Crippen LogP) is 2.82. The van der Waals surface area contributed by atoms with E-state index in [-0.39, 0.29) is 5.91 Å². The first kappa shape index (κ1) is 16.2. The molecule has 1 aromatic carbocycles. The number of carbonyl (C=O) groups excluding carboxylic acids is 2. The van der Waals surface area contributed by atoms with E-state index in [4.69, 9.17) is 5.26 Å². The van der Waals surface area contributed by atoms with Crippen molar-refractivity contribution in [3.63, 3.8) is 0 Å². The number of hydrogen-bond donors (Lipinski definition) is 2. The minimum atomic E-state index is -0.449. The van der Waals surface area contributed by atoms with Crippen LogP contribution in [0.2, 0.25) is 0 Å². The van der Waals surface area contributed by atoms with Gasteiger partial charge in [-0.05, 0) is 55.0 Å². The van der Waals surface area contributed by atoms with Gasteiger partial charge < -0.3 is 0 Å². The molecule has 2 N–H and O–H groups in total. The number of nitrogens with zero attached hydrogens (tertiary/aromatic N) is 1. The Hall–Kier alpha value is -2.65. The standard InChI is InChI=1S/C18H17N3O2S/c1-11-5-6-15-14(7-11)9-16(24-15)18(23)21-20-17(22)13-4-2-3-12(8-13)10-19/h2-4,8-9,11H,5-7H2,1H3,(H,20,22)(H,21,23)/t11-/m0/s1. The summed E-state index contributed by atoms with van der Waals surface area (Å²) in [5.74, 6) is -0.114. The van der Waals surface area contributed by atoms with Crippen LogP contribution in [0.3, 0.4) is 0 Å². The van der Waals surface area contributed by atoms with Crippen molar-refractivity contribution in [1.29, 1.82) is 5.26 Å². The molecule has 2 amide bonds. The van der Waals surface area contributed by atoms with E-state index in [1.54, 1.807) is 18.2 Å². The van der Waals surface area contributed by atoms with Crippen molar-refractivity contribution in [3.05, 3.63) is 56.8 Å². The van der Waals surface area contributed by atoms with Crippen LogP contribution in [-0.2, 0) is 12.8 Å². The van der Waals surface area contributed by atoms with Gasteiger partial charge >= 0.3 is 0 Å². The van der Waals surface area contributed by atoms with E-state index in [2.05, 4.69) is 17.8 Å².